The summed E-state index contributed by atoms with van der Waals surface area (Å²) in [5, 5.41) is 2.90. The maximum Gasteiger partial charge on any atom is 0.251 e. The molecule has 1 N–H and O–H groups in total. The lowest BCUT2D eigenvalue weighted by atomic mass is 10.0. The van der Waals surface area contributed by atoms with Gasteiger partial charge in [0.1, 0.15) is 6.10 Å². The van der Waals surface area contributed by atoms with Gasteiger partial charge < -0.3 is 10.1 Å². The Morgan fingerprint density at radius 2 is 1.42 bits per heavy atom. The highest BCUT2D eigenvalue weighted by atomic mass is 16.5. The summed E-state index contributed by atoms with van der Waals surface area (Å²) in [5.41, 5.74) is 4.09. The van der Waals surface area contributed by atoms with Crippen molar-refractivity contribution in [2.24, 2.45) is 0 Å². The van der Waals surface area contributed by atoms with Crippen LogP contribution in [0.1, 0.15) is 33.2 Å². The molecule has 0 aromatic heterocycles. The number of hydrogen-bond donors (Lipinski definition) is 1. The van der Waals surface area contributed by atoms with E-state index in [9.17, 15) is 4.79 Å². The average Bonchev–Trinajstić information content (AvgIpc) is 2.70. The van der Waals surface area contributed by atoms with Crippen LogP contribution in [0, 0.1) is 6.92 Å². The van der Waals surface area contributed by atoms with Gasteiger partial charge in [0.05, 0.1) is 6.61 Å². The van der Waals surface area contributed by atoms with Crippen molar-refractivity contribution in [3.05, 3.63) is 107 Å². The first-order valence-corrected chi connectivity index (χ1v) is 8.80. The lowest BCUT2D eigenvalue weighted by molar-refractivity contribution is 0.0756. The zero-order valence-corrected chi connectivity index (χ0v) is 14.9. The minimum atomic E-state index is -0.148. The van der Waals surface area contributed by atoms with Crippen LogP contribution >= 0.6 is 0 Å². The second kappa shape index (κ2) is 8.97. The maximum atomic E-state index is 12.1. The van der Waals surface area contributed by atoms with Gasteiger partial charge in [-0.3, -0.25) is 4.79 Å². The number of aryl methyl sites for hydroxylation is 1. The largest absolute Gasteiger partial charge is 0.367 e. The van der Waals surface area contributed by atoms with E-state index in [2.05, 4.69) is 48.6 Å². The molecule has 0 aliphatic carbocycles. The normalized spacial score (nSPS) is 11.7. The van der Waals surface area contributed by atoms with Gasteiger partial charge in [0.25, 0.3) is 5.91 Å². The van der Waals surface area contributed by atoms with Crippen LogP contribution < -0.4 is 5.32 Å². The third-order valence-electron chi connectivity index (χ3n) is 4.19. The summed E-state index contributed by atoms with van der Waals surface area (Å²) in [4.78, 5) is 12.1. The number of rotatable bonds is 7. The number of carbonyl (C=O) groups is 1. The topological polar surface area (TPSA) is 38.3 Å². The SMILES string of the molecule is Cc1ccc([C@H](OCCNC(=O)c2ccccc2)c2ccccc2)cc1. The highest BCUT2D eigenvalue weighted by Gasteiger charge is 2.14. The fourth-order valence-electron chi connectivity index (χ4n) is 2.79. The minimum absolute atomic E-state index is 0.0826. The number of carbonyl (C=O) groups excluding carboxylic acids is 1. The lowest BCUT2D eigenvalue weighted by Gasteiger charge is -2.19. The summed E-state index contributed by atoms with van der Waals surface area (Å²) >= 11 is 0. The number of amides is 1. The van der Waals surface area contributed by atoms with Crippen LogP contribution in [-0.4, -0.2) is 19.1 Å². The van der Waals surface area contributed by atoms with Gasteiger partial charge in [0, 0.05) is 12.1 Å². The monoisotopic (exact) mass is 345 g/mol. The molecule has 3 rings (SSSR count). The van der Waals surface area contributed by atoms with Crippen molar-refractivity contribution < 1.29 is 9.53 Å². The number of benzene rings is 3. The Kier molecular flexibility index (Phi) is 6.18. The standard InChI is InChI=1S/C23H23NO2/c1-18-12-14-20(15-13-18)22(19-8-4-2-5-9-19)26-17-16-24-23(25)21-10-6-3-7-11-21/h2-15,22H,16-17H2,1H3,(H,24,25)/t22-/m1/s1. The highest BCUT2D eigenvalue weighted by Crippen LogP contribution is 2.26. The smallest absolute Gasteiger partial charge is 0.251 e. The first kappa shape index (κ1) is 17.9. The summed E-state index contributed by atoms with van der Waals surface area (Å²) in [6.07, 6.45) is -0.148. The van der Waals surface area contributed by atoms with Gasteiger partial charge in [-0.05, 0) is 30.2 Å². The number of ether oxygens (including phenoxy) is 1. The van der Waals surface area contributed by atoms with E-state index in [1.165, 1.54) is 5.56 Å². The van der Waals surface area contributed by atoms with Crippen molar-refractivity contribution in [1.82, 2.24) is 5.32 Å². The molecule has 0 spiro atoms. The van der Waals surface area contributed by atoms with Crippen LogP contribution in [0.15, 0.2) is 84.9 Å². The van der Waals surface area contributed by atoms with Crippen molar-refractivity contribution in [3.63, 3.8) is 0 Å². The molecule has 0 saturated carbocycles. The fraction of sp³-hybridized carbons (Fsp3) is 0.174. The molecule has 132 valence electrons. The van der Waals surface area contributed by atoms with E-state index in [1.54, 1.807) is 12.1 Å². The van der Waals surface area contributed by atoms with E-state index in [4.69, 9.17) is 4.74 Å². The quantitative estimate of drug-likeness (QED) is 0.639. The molecular weight excluding hydrogens is 322 g/mol. The molecule has 0 heterocycles. The van der Waals surface area contributed by atoms with E-state index < -0.39 is 0 Å². The van der Waals surface area contributed by atoms with E-state index in [-0.39, 0.29) is 12.0 Å². The van der Waals surface area contributed by atoms with Crippen LogP contribution in [0.3, 0.4) is 0 Å². The van der Waals surface area contributed by atoms with Gasteiger partial charge in [0.2, 0.25) is 0 Å². The van der Waals surface area contributed by atoms with Crippen LogP contribution in [0.5, 0.6) is 0 Å². The Hall–Kier alpha value is -2.91. The fourth-order valence-corrected chi connectivity index (χ4v) is 2.79. The molecule has 0 saturated heterocycles. The molecule has 3 aromatic rings. The average molecular weight is 345 g/mol. The molecule has 0 aliphatic rings. The van der Waals surface area contributed by atoms with E-state index >= 15 is 0 Å². The molecule has 0 radical (unpaired) electrons. The second-order valence-electron chi connectivity index (χ2n) is 6.19. The molecule has 0 bridgehead atoms. The van der Waals surface area contributed by atoms with Gasteiger partial charge in [-0.15, -0.1) is 0 Å². The molecule has 0 unspecified atom stereocenters. The van der Waals surface area contributed by atoms with Crippen molar-refractivity contribution in [2.45, 2.75) is 13.0 Å². The van der Waals surface area contributed by atoms with E-state index in [0.717, 1.165) is 11.1 Å². The highest BCUT2D eigenvalue weighted by molar-refractivity contribution is 5.94. The van der Waals surface area contributed by atoms with Crippen molar-refractivity contribution >= 4 is 5.91 Å². The lowest BCUT2D eigenvalue weighted by Crippen LogP contribution is -2.27. The van der Waals surface area contributed by atoms with Crippen molar-refractivity contribution in [1.29, 1.82) is 0 Å². The van der Waals surface area contributed by atoms with Gasteiger partial charge in [0.15, 0.2) is 0 Å². The van der Waals surface area contributed by atoms with Crippen LogP contribution in [0.25, 0.3) is 0 Å². The first-order chi connectivity index (χ1) is 12.7. The molecule has 26 heavy (non-hydrogen) atoms. The third-order valence-corrected chi connectivity index (χ3v) is 4.19. The van der Waals surface area contributed by atoms with Crippen LogP contribution in [-0.2, 0) is 4.74 Å². The van der Waals surface area contributed by atoms with Crippen molar-refractivity contribution in [2.75, 3.05) is 13.2 Å². The third kappa shape index (κ3) is 4.80. The Labute approximate surface area is 154 Å². The van der Waals surface area contributed by atoms with Crippen molar-refractivity contribution in [3.8, 4) is 0 Å². The summed E-state index contributed by atoms with van der Waals surface area (Å²) in [7, 11) is 0. The number of nitrogens with one attached hydrogen (secondary N) is 1. The van der Waals surface area contributed by atoms with E-state index in [1.807, 2.05) is 36.4 Å². The Bertz CT molecular complexity index is 814. The Morgan fingerprint density at radius 3 is 2.08 bits per heavy atom. The van der Waals surface area contributed by atoms with Gasteiger partial charge in [-0.25, -0.2) is 0 Å². The summed E-state index contributed by atoms with van der Waals surface area (Å²) in [6, 6.07) is 27.7. The first-order valence-electron chi connectivity index (χ1n) is 8.80. The molecular formula is C23H23NO2. The van der Waals surface area contributed by atoms with E-state index in [0.29, 0.717) is 18.7 Å². The summed E-state index contributed by atoms with van der Waals surface area (Å²) in [6.45, 7) is 2.97. The minimum Gasteiger partial charge on any atom is -0.367 e. The molecule has 3 nitrogen and oxygen atoms in total. The predicted molar refractivity (Wildman–Crippen MR) is 104 cm³/mol. The van der Waals surface area contributed by atoms with Gasteiger partial charge in [-0.2, -0.15) is 0 Å². The molecule has 3 heteroatoms. The second-order valence-corrected chi connectivity index (χ2v) is 6.19. The predicted octanol–water partition coefficient (Wildman–Crippen LogP) is 4.53. The molecule has 1 atom stereocenters. The van der Waals surface area contributed by atoms with Gasteiger partial charge in [-0.1, -0.05) is 78.4 Å². The molecule has 0 aliphatic heterocycles. The zero-order valence-electron chi connectivity index (χ0n) is 14.9. The summed E-state index contributed by atoms with van der Waals surface area (Å²) in [5.74, 6) is -0.0826. The van der Waals surface area contributed by atoms with Gasteiger partial charge >= 0.3 is 0 Å². The molecule has 1 amide bonds. The maximum absolute atomic E-state index is 12.1. The zero-order chi connectivity index (χ0) is 18.2. The Balaban J connectivity index is 1.61. The summed E-state index contributed by atoms with van der Waals surface area (Å²) < 4.78 is 6.13. The Morgan fingerprint density at radius 1 is 0.846 bits per heavy atom. The molecule has 0 fully saturated rings. The van der Waals surface area contributed by atoms with Crippen LogP contribution in [0.4, 0.5) is 0 Å². The molecule has 3 aromatic carbocycles. The number of hydrogen-bond acceptors (Lipinski definition) is 2. The van der Waals surface area contributed by atoms with Crippen LogP contribution in [0.2, 0.25) is 0 Å².